The van der Waals surface area contributed by atoms with E-state index in [2.05, 4.69) is 37.3 Å². The summed E-state index contributed by atoms with van der Waals surface area (Å²) in [5.74, 6) is 0.545. The van der Waals surface area contributed by atoms with E-state index in [0.717, 1.165) is 0 Å². The van der Waals surface area contributed by atoms with Gasteiger partial charge >= 0.3 is 0 Å². The van der Waals surface area contributed by atoms with Gasteiger partial charge in [0.15, 0.2) is 0 Å². The third kappa shape index (κ3) is 2.13. The van der Waals surface area contributed by atoms with E-state index in [4.69, 9.17) is 0 Å². The van der Waals surface area contributed by atoms with E-state index in [1.807, 2.05) is 12.1 Å². The molecule has 82 valence electrons. The molecule has 0 amide bonds. The van der Waals surface area contributed by atoms with Gasteiger partial charge in [-0.15, -0.1) is 0 Å². The Morgan fingerprint density at radius 2 is 1.81 bits per heavy atom. The third-order valence-corrected chi connectivity index (χ3v) is 2.95. The molecule has 0 fully saturated rings. The van der Waals surface area contributed by atoms with Crippen LogP contribution in [0.25, 0.3) is 10.8 Å². The normalized spacial score (nSPS) is 12.6. The number of benzene rings is 2. The first kappa shape index (κ1) is 10.9. The van der Waals surface area contributed by atoms with Crippen molar-refractivity contribution in [1.82, 2.24) is 0 Å². The van der Waals surface area contributed by atoms with Gasteiger partial charge in [-0.2, -0.15) is 0 Å². The molecule has 0 aromatic heterocycles. The molecule has 0 aliphatic rings. The Morgan fingerprint density at radius 1 is 1.12 bits per heavy atom. The molecule has 0 spiro atoms. The number of hydrogen-bond acceptors (Lipinski definition) is 1. The Kier molecular flexibility index (Phi) is 3.04. The lowest BCUT2D eigenvalue weighted by atomic mass is 9.91. The van der Waals surface area contributed by atoms with Crippen LogP contribution in [0.15, 0.2) is 42.5 Å². The minimum Gasteiger partial charge on any atom is -0.300 e. The van der Waals surface area contributed by atoms with Crippen molar-refractivity contribution >= 4 is 16.6 Å². The molecule has 1 nitrogen and oxygen atoms in total. The standard InChI is InChI=1S/C15H16O/c1-11(10-12(2)16)14-9-5-7-13-6-3-4-8-15(13)14/h3-9,11H,10H2,1-2H3/t11-/m0/s1. The van der Waals surface area contributed by atoms with Crippen molar-refractivity contribution in [2.24, 2.45) is 0 Å². The maximum Gasteiger partial charge on any atom is 0.130 e. The summed E-state index contributed by atoms with van der Waals surface area (Å²) in [7, 11) is 0. The summed E-state index contributed by atoms with van der Waals surface area (Å²) >= 11 is 0. The fourth-order valence-electron chi connectivity index (χ4n) is 2.22. The van der Waals surface area contributed by atoms with E-state index in [0.29, 0.717) is 12.3 Å². The molecular weight excluding hydrogens is 196 g/mol. The average molecular weight is 212 g/mol. The number of carbonyl (C=O) groups is 1. The van der Waals surface area contributed by atoms with E-state index < -0.39 is 0 Å². The molecule has 1 heteroatoms. The second-order valence-corrected chi connectivity index (χ2v) is 4.38. The maximum atomic E-state index is 11.2. The van der Waals surface area contributed by atoms with Crippen molar-refractivity contribution in [3.63, 3.8) is 0 Å². The number of Topliss-reactive ketones (excluding diaryl/α,β-unsaturated/α-hetero) is 1. The fraction of sp³-hybridized carbons (Fsp3) is 0.267. The monoisotopic (exact) mass is 212 g/mol. The SMILES string of the molecule is CC(=O)C[C@H](C)c1cccc2ccccc12. The van der Waals surface area contributed by atoms with Crippen LogP contribution in [-0.4, -0.2) is 5.78 Å². The highest BCUT2D eigenvalue weighted by molar-refractivity contribution is 5.87. The van der Waals surface area contributed by atoms with E-state index in [1.165, 1.54) is 16.3 Å². The summed E-state index contributed by atoms with van der Waals surface area (Å²) in [5.41, 5.74) is 1.27. The van der Waals surface area contributed by atoms with Crippen LogP contribution in [0.5, 0.6) is 0 Å². The quantitative estimate of drug-likeness (QED) is 0.753. The minimum atomic E-state index is 0.250. The molecule has 0 bridgehead atoms. The third-order valence-electron chi connectivity index (χ3n) is 2.95. The van der Waals surface area contributed by atoms with Crippen LogP contribution in [0.3, 0.4) is 0 Å². The van der Waals surface area contributed by atoms with Crippen LogP contribution in [0.4, 0.5) is 0 Å². The summed E-state index contributed by atoms with van der Waals surface area (Å²) in [6.45, 7) is 3.77. The van der Waals surface area contributed by atoms with Gasteiger partial charge in [0.2, 0.25) is 0 Å². The predicted octanol–water partition coefficient (Wildman–Crippen LogP) is 3.92. The van der Waals surface area contributed by atoms with Crippen LogP contribution in [0.2, 0.25) is 0 Å². The summed E-state index contributed by atoms with van der Waals surface area (Å²) < 4.78 is 0. The molecule has 0 saturated heterocycles. The van der Waals surface area contributed by atoms with Gasteiger partial charge in [0.1, 0.15) is 5.78 Å². The van der Waals surface area contributed by atoms with Crippen LogP contribution >= 0.6 is 0 Å². The van der Waals surface area contributed by atoms with Crippen LogP contribution in [0.1, 0.15) is 31.7 Å². The summed E-state index contributed by atoms with van der Waals surface area (Å²) in [6.07, 6.45) is 0.619. The molecule has 16 heavy (non-hydrogen) atoms. The van der Waals surface area contributed by atoms with Gasteiger partial charge < -0.3 is 4.79 Å². The molecule has 2 aromatic rings. The molecule has 0 N–H and O–H groups in total. The number of carbonyl (C=O) groups excluding carboxylic acids is 1. The lowest BCUT2D eigenvalue weighted by Crippen LogP contribution is -2.00. The summed E-state index contributed by atoms with van der Waals surface area (Å²) in [6, 6.07) is 14.6. The molecular formula is C15H16O. The van der Waals surface area contributed by atoms with Gasteiger partial charge in [0.25, 0.3) is 0 Å². The molecule has 0 aliphatic heterocycles. The van der Waals surface area contributed by atoms with E-state index in [9.17, 15) is 4.79 Å². The largest absolute Gasteiger partial charge is 0.300 e. The van der Waals surface area contributed by atoms with Crippen LogP contribution in [0, 0.1) is 0 Å². The lowest BCUT2D eigenvalue weighted by molar-refractivity contribution is -0.117. The summed E-state index contributed by atoms with van der Waals surface area (Å²) in [5, 5.41) is 2.51. The first-order valence-corrected chi connectivity index (χ1v) is 5.65. The maximum absolute atomic E-state index is 11.2. The van der Waals surface area contributed by atoms with Crippen molar-refractivity contribution in [3.05, 3.63) is 48.0 Å². The average Bonchev–Trinajstić information content (AvgIpc) is 2.27. The Balaban J connectivity index is 2.47. The fourth-order valence-corrected chi connectivity index (χ4v) is 2.22. The molecule has 0 heterocycles. The van der Waals surface area contributed by atoms with Gasteiger partial charge in [-0.05, 0) is 29.2 Å². The predicted molar refractivity (Wildman–Crippen MR) is 67.7 cm³/mol. The molecule has 0 radical (unpaired) electrons. The number of hydrogen-bond donors (Lipinski definition) is 0. The second kappa shape index (κ2) is 4.48. The molecule has 0 aliphatic carbocycles. The van der Waals surface area contributed by atoms with Gasteiger partial charge in [-0.25, -0.2) is 0 Å². The molecule has 2 rings (SSSR count). The highest BCUT2D eigenvalue weighted by atomic mass is 16.1. The van der Waals surface area contributed by atoms with Crippen molar-refractivity contribution in [2.75, 3.05) is 0 Å². The van der Waals surface area contributed by atoms with Crippen molar-refractivity contribution in [3.8, 4) is 0 Å². The highest BCUT2D eigenvalue weighted by Crippen LogP contribution is 2.27. The van der Waals surface area contributed by atoms with Crippen molar-refractivity contribution in [1.29, 1.82) is 0 Å². The van der Waals surface area contributed by atoms with E-state index in [-0.39, 0.29) is 5.78 Å². The zero-order valence-electron chi connectivity index (χ0n) is 9.73. The van der Waals surface area contributed by atoms with Gasteiger partial charge in [0, 0.05) is 6.42 Å². The number of ketones is 1. The van der Waals surface area contributed by atoms with Crippen molar-refractivity contribution in [2.45, 2.75) is 26.2 Å². The van der Waals surface area contributed by atoms with Gasteiger partial charge in [-0.1, -0.05) is 49.4 Å². The van der Waals surface area contributed by atoms with Crippen molar-refractivity contribution < 1.29 is 4.79 Å². The highest BCUT2D eigenvalue weighted by Gasteiger charge is 2.10. The molecule has 1 atom stereocenters. The summed E-state index contributed by atoms with van der Waals surface area (Å²) in [4.78, 5) is 11.2. The van der Waals surface area contributed by atoms with E-state index >= 15 is 0 Å². The smallest absolute Gasteiger partial charge is 0.130 e. The molecule has 0 saturated carbocycles. The van der Waals surface area contributed by atoms with Gasteiger partial charge in [-0.3, -0.25) is 0 Å². The first-order valence-electron chi connectivity index (χ1n) is 5.65. The Labute approximate surface area is 96.1 Å². The Morgan fingerprint density at radius 3 is 2.56 bits per heavy atom. The zero-order valence-corrected chi connectivity index (χ0v) is 9.73. The number of rotatable bonds is 3. The second-order valence-electron chi connectivity index (χ2n) is 4.38. The lowest BCUT2D eigenvalue weighted by Gasteiger charge is -2.13. The molecule has 2 aromatic carbocycles. The Bertz CT molecular complexity index is 508. The van der Waals surface area contributed by atoms with Crippen LogP contribution in [-0.2, 0) is 4.79 Å². The Hall–Kier alpha value is -1.63. The van der Waals surface area contributed by atoms with Crippen LogP contribution < -0.4 is 0 Å². The number of fused-ring (bicyclic) bond motifs is 1. The van der Waals surface area contributed by atoms with Gasteiger partial charge in [0.05, 0.1) is 0 Å². The topological polar surface area (TPSA) is 17.1 Å². The minimum absolute atomic E-state index is 0.250. The zero-order chi connectivity index (χ0) is 11.5. The molecule has 0 unspecified atom stereocenters. The first-order chi connectivity index (χ1) is 7.68. The van der Waals surface area contributed by atoms with E-state index in [1.54, 1.807) is 6.92 Å².